The Morgan fingerprint density at radius 2 is 1.88 bits per heavy atom. The number of nitrogens with one attached hydrogen (secondary N) is 1. The van der Waals surface area contributed by atoms with E-state index in [9.17, 15) is 14.7 Å². The number of carbonyl (C=O) groups excluding carboxylic acids is 1. The van der Waals surface area contributed by atoms with Gasteiger partial charge in [0.1, 0.15) is 0 Å². The van der Waals surface area contributed by atoms with Crippen LogP contribution in [0, 0.1) is 12.8 Å². The van der Waals surface area contributed by atoms with E-state index in [-0.39, 0.29) is 11.9 Å². The quantitative estimate of drug-likeness (QED) is 0.799. The maximum atomic E-state index is 12.7. The number of hydrogen-bond donors (Lipinski definition) is 2. The van der Waals surface area contributed by atoms with Crippen LogP contribution in [0.4, 0.5) is 0 Å². The predicted octanol–water partition coefficient (Wildman–Crippen LogP) is 3.60. The van der Waals surface area contributed by atoms with Gasteiger partial charge in [-0.2, -0.15) is 5.10 Å². The van der Waals surface area contributed by atoms with Crippen LogP contribution >= 0.6 is 11.6 Å². The van der Waals surface area contributed by atoms with Crippen LogP contribution in [0.3, 0.4) is 0 Å². The predicted molar refractivity (Wildman–Crippen MR) is 98.8 cm³/mol. The molecule has 1 aliphatic rings. The number of carboxylic acids is 1. The van der Waals surface area contributed by atoms with Gasteiger partial charge in [0.2, 0.25) is 0 Å². The maximum absolute atomic E-state index is 12.7. The summed E-state index contributed by atoms with van der Waals surface area (Å²) in [7, 11) is 0. The molecule has 1 saturated carbocycles. The third kappa shape index (κ3) is 4.07. The molecule has 0 saturated heterocycles. The second-order valence-corrected chi connectivity index (χ2v) is 7.15. The molecule has 3 rings (SSSR count). The number of aromatic nitrogens is 2. The molecule has 1 aliphatic carbocycles. The normalized spacial score (nSPS) is 20.4. The van der Waals surface area contributed by atoms with E-state index in [0.29, 0.717) is 29.1 Å². The van der Waals surface area contributed by atoms with Gasteiger partial charge in [0.05, 0.1) is 22.9 Å². The van der Waals surface area contributed by atoms with Crippen molar-refractivity contribution in [2.45, 2.75) is 45.1 Å². The molecule has 2 atom stereocenters. The number of carboxylic acid groups (broad SMARTS) is 1. The Hall–Kier alpha value is -2.34. The minimum absolute atomic E-state index is 0.277. The zero-order chi connectivity index (χ0) is 18.7. The Labute approximate surface area is 157 Å². The van der Waals surface area contributed by atoms with Crippen LogP contribution in [0.2, 0.25) is 5.02 Å². The van der Waals surface area contributed by atoms with Crippen molar-refractivity contribution >= 4 is 23.5 Å². The van der Waals surface area contributed by atoms with Crippen LogP contribution in [0.15, 0.2) is 30.5 Å². The van der Waals surface area contributed by atoms with Gasteiger partial charge in [-0.25, -0.2) is 4.68 Å². The molecular weight excluding hydrogens is 354 g/mol. The lowest BCUT2D eigenvalue weighted by Gasteiger charge is -2.22. The van der Waals surface area contributed by atoms with Gasteiger partial charge in [-0.1, -0.05) is 30.9 Å². The molecule has 1 heterocycles. The number of benzene rings is 1. The molecule has 0 unspecified atom stereocenters. The molecule has 2 N–H and O–H groups in total. The first kappa shape index (κ1) is 18.5. The third-order valence-electron chi connectivity index (χ3n) is 4.88. The average molecular weight is 376 g/mol. The van der Waals surface area contributed by atoms with E-state index in [1.54, 1.807) is 29.9 Å². The highest BCUT2D eigenvalue weighted by Gasteiger charge is 2.31. The molecule has 0 spiro atoms. The van der Waals surface area contributed by atoms with Crippen molar-refractivity contribution in [1.29, 1.82) is 0 Å². The van der Waals surface area contributed by atoms with Gasteiger partial charge in [0.15, 0.2) is 0 Å². The molecule has 1 fully saturated rings. The molecule has 2 aromatic rings. The summed E-state index contributed by atoms with van der Waals surface area (Å²) >= 11 is 5.91. The highest BCUT2D eigenvalue weighted by molar-refractivity contribution is 6.30. The second-order valence-electron chi connectivity index (χ2n) is 6.71. The topological polar surface area (TPSA) is 84.2 Å². The Morgan fingerprint density at radius 1 is 1.19 bits per heavy atom. The first-order valence-corrected chi connectivity index (χ1v) is 9.19. The number of amides is 1. The number of carbonyl (C=O) groups is 2. The molecule has 0 aliphatic heterocycles. The zero-order valence-electron chi connectivity index (χ0n) is 14.6. The van der Waals surface area contributed by atoms with Gasteiger partial charge < -0.3 is 10.4 Å². The van der Waals surface area contributed by atoms with Crippen LogP contribution in [-0.4, -0.2) is 32.8 Å². The lowest BCUT2D eigenvalue weighted by atomic mass is 9.94. The van der Waals surface area contributed by atoms with Gasteiger partial charge in [-0.3, -0.25) is 9.59 Å². The van der Waals surface area contributed by atoms with E-state index >= 15 is 0 Å². The SMILES string of the molecule is Cc1nn(-c2ccc(Cl)cc2)cc1C(=O)N[C@H]1CCCCC[C@H]1C(=O)O. The minimum atomic E-state index is -0.842. The molecule has 1 aromatic carbocycles. The molecule has 1 aromatic heterocycles. The number of halogens is 1. The van der Waals surface area contributed by atoms with E-state index in [0.717, 1.165) is 24.9 Å². The van der Waals surface area contributed by atoms with Crippen molar-refractivity contribution in [3.05, 3.63) is 46.7 Å². The smallest absolute Gasteiger partial charge is 0.308 e. The lowest BCUT2D eigenvalue weighted by Crippen LogP contribution is -2.42. The van der Waals surface area contributed by atoms with Crippen LogP contribution in [0.25, 0.3) is 5.69 Å². The molecule has 7 heteroatoms. The van der Waals surface area contributed by atoms with Crippen molar-refractivity contribution in [3.63, 3.8) is 0 Å². The Balaban J connectivity index is 1.79. The van der Waals surface area contributed by atoms with Gasteiger partial charge in [-0.15, -0.1) is 0 Å². The van der Waals surface area contributed by atoms with E-state index in [4.69, 9.17) is 11.6 Å². The third-order valence-corrected chi connectivity index (χ3v) is 5.14. The van der Waals surface area contributed by atoms with Crippen molar-refractivity contribution in [2.24, 2.45) is 5.92 Å². The second kappa shape index (κ2) is 7.91. The first-order chi connectivity index (χ1) is 12.5. The van der Waals surface area contributed by atoms with Crippen LogP contribution in [0.1, 0.15) is 48.2 Å². The summed E-state index contributed by atoms with van der Waals surface area (Å²) in [6.07, 6.45) is 5.77. The van der Waals surface area contributed by atoms with Gasteiger partial charge in [-0.05, 0) is 44.0 Å². The molecule has 138 valence electrons. The summed E-state index contributed by atoms with van der Waals surface area (Å²) in [5.41, 5.74) is 1.85. The monoisotopic (exact) mass is 375 g/mol. The number of aryl methyl sites for hydroxylation is 1. The largest absolute Gasteiger partial charge is 0.481 e. The van der Waals surface area contributed by atoms with Crippen LogP contribution in [-0.2, 0) is 4.79 Å². The fraction of sp³-hybridized carbons (Fsp3) is 0.421. The first-order valence-electron chi connectivity index (χ1n) is 8.81. The summed E-state index contributed by atoms with van der Waals surface area (Å²) in [4.78, 5) is 24.3. The minimum Gasteiger partial charge on any atom is -0.481 e. The highest BCUT2D eigenvalue weighted by Crippen LogP contribution is 2.24. The Kier molecular flexibility index (Phi) is 5.61. The fourth-order valence-corrected chi connectivity index (χ4v) is 3.56. The van der Waals surface area contributed by atoms with E-state index < -0.39 is 11.9 Å². The summed E-state index contributed by atoms with van der Waals surface area (Å²) in [5.74, 6) is -1.65. The summed E-state index contributed by atoms with van der Waals surface area (Å²) in [5, 5.41) is 17.4. The Morgan fingerprint density at radius 3 is 2.58 bits per heavy atom. The lowest BCUT2D eigenvalue weighted by molar-refractivity contribution is -0.142. The van der Waals surface area contributed by atoms with E-state index in [2.05, 4.69) is 10.4 Å². The Bertz CT molecular complexity index is 801. The van der Waals surface area contributed by atoms with Crippen molar-refractivity contribution in [2.75, 3.05) is 0 Å². The van der Waals surface area contributed by atoms with E-state index in [1.165, 1.54) is 0 Å². The number of nitrogens with zero attached hydrogens (tertiary/aromatic N) is 2. The average Bonchev–Trinajstić information content (AvgIpc) is 2.84. The summed E-state index contributed by atoms with van der Waals surface area (Å²) in [6.45, 7) is 1.77. The molecule has 1 amide bonds. The standard InChI is InChI=1S/C19H22ClN3O3/c1-12-16(11-23(22-12)14-9-7-13(20)8-10-14)18(24)21-17-6-4-2-3-5-15(17)19(25)26/h7-11,15,17H,2-6H2,1H3,(H,21,24)(H,25,26)/t15-,17+/m1/s1. The molecule has 6 nitrogen and oxygen atoms in total. The number of rotatable bonds is 4. The summed E-state index contributed by atoms with van der Waals surface area (Å²) in [6, 6.07) is 6.82. The zero-order valence-corrected chi connectivity index (χ0v) is 15.4. The number of hydrogen-bond acceptors (Lipinski definition) is 3. The summed E-state index contributed by atoms with van der Waals surface area (Å²) < 4.78 is 1.63. The van der Waals surface area contributed by atoms with Gasteiger partial charge in [0, 0.05) is 17.3 Å². The molecule has 0 bridgehead atoms. The molecular formula is C19H22ClN3O3. The maximum Gasteiger partial charge on any atom is 0.308 e. The van der Waals surface area contributed by atoms with E-state index in [1.807, 2.05) is 12.1 Å². The van der Waals surface area contributed by atoms with Crippen molar-refractivity contribution < 1.29 is 14.7 Å². The van der Waals surface area contributed by atoms with Crippen LogP contribution in [0.5, 0.6) is 0 Å². The van der Waals surface area contributed by atoms with Gasteiger partial charge >= 0.3 is 5.97 Å². The van der Waals surface area contributed by atoms with Crippen molar-refractivity contribution in [3.8, 4) is 5.69 Å². The van der Waals surface area contributed by atoms with Gasteiger partial charge in [0.25, 0.3) is 5.91 Å². The highest BCUT2D eigenvalue weighted by atomic mass is 35.5. The number of aliphatic carboxylic acids is 1. The molecule has 0 radical (unpaired) electrons. The van der Waals surface area contributed by atoms with Crippen molar-refractivity contribution in [1.82, 2.24) is 15.1 Å². The molecule has 26 heavy (non-hydrogen) atoms. The fourth-order valence-electron chi connectivity index (χ4n) is 3.43. The van der Waals surface area contributed by atoms with Crippen LogP contribution < -0.4 is 5.32 Å².